The summed E-state index contributed by atoms with van der Waals surface area (Å²) in [6, 6.07) is 0. The van der Waals surface area contributed by atoms with E-state index < -0.39 is 0 Å². The summed E-state index contributed by atoms with van der Waals surface area (Å²) in [6.07, 6.45) is 0.249. The summed E-state index contributed by atoms with van der Waals surface area (Å²) >= 11 is 0. The molecule has 1 unspecified atom stereocenters. The van der Waals surface area contributed by atoms with Gasteiger partial charge in [0.1, 0.15) is 0 Å². The number of carbonyl (C=O) groups excluding carboxylic acids is 3. The van der Waals surface area contributed by atoms with Crippen LogP contribution in [-0.2, 0) is 14.4 Å². The van der Waals surface area contributed by atoms with Crippen molar-refractivity contribution in [3.05, 3.63) is 0 Å². The van der Waals surface area contributed by atoms with Gasteiger partial charge in [-0.3, -0.25) is 14.4 Å². The van der Waals surface area contributed by atoms with Gasteiger partial charge in [0.2, 0.25) is 17.7 Å². The first-order valence-electron chi connectivity index (χ1n) is 5.37. The average molecular weight is 225 g/mol. The molecule has 16 heavy (non-hydrogen) atoms. The summed E-state index contributed by atoms with van der Waals surface area (Å²) in [5.41, 5.74) is 0. The summed E-state index contributed by atoms with van der Waals surface area (Å²) in [7, 11) is 1.73. The van der Waals surface area contributed by atoms with Gasteiger partial charge in [-0.1, -0.05) is 0 Å². The lowest BCUT2D eigenvalue weighted by Gasteiger charge is -2.33. The predicted octanol–water partition coefficient (Wildman–Crippen LogP) is -1.58. The van der Waals surface area contributed by atoms with Crippen molar-refractivity contribution in [3.8, 4) is 0 Å². The molecule has 0 aromatic carbocycles. The zero-order chi connectivity index (χ0) is 11.7. The maximum atomic E-state index is 12.0. The zero-order valence-corrected chi connectivity index (χ0v) is 9.23. The lowest BCUT2D eigenvalue weighted by Crippen LogP contribution is -2.52. The van der Waals surface area contributed by atoms with Crippen LogP contribution in [0.5, 0.6) is 0 Å². The second-order valence-corrected chi connectivity index (χ2v) is 4.28. The minimum absolute atomic E-state index is 0.0446. The Balaban J connectivity index is 1.95. The van der Waals surface area contributed by atoms with Gasteiger partial charge in [0, 0.05) is 33.1 Å². The molecule has 2 fully saturated rings. The van der Waals surface area contributed by atoms with Crippen molar-refractivity contribution in [1.29, 1.82) is 0 Å². The highest BCUT2D eigenvalue weighted by Crippen LogP contribution is 2.14. The Bertz CT molecular complexity index is 342. The van der Waals surface area contributed by atoms with Crippen molar-refractivity contribution < 1.29 is 14.4 Å². The Morgan fingerprint density at radius 2 is 2.12 bits per heavy atom. The van der Waals surface area contributed by atoms with E-state index >= 15 is 0 Å². The highest BCUT2D eigenvalue weighted by Gasteiger charge is 2.34. The van der Waals surface area contributed by atoms with Crippen LogP contribution in [0.25, 0.3) is 0 Å². The van der Waals surface area contributed by atoms with Crippen molar-refractivity contribution >= 4 is 17.7 Å². The molecule has 6 nitrogen and oxygen atoms in total. The van der Waals surface area contributed by atoms with Gasteiger partial charge >= 0.3 is 0 Å². The van der Waals surface area contributed by atoms with Crippen molar-refractivity contribution in [2.24, 2.45) is 5.92 Å². The molecule has 1 atom stereocenters. The first-order chi connectivity index (χ1) is 7.58. The topological polar surface area (TPSA) is 69.7 Å². The molecule has 2 aliphatic heterocycles. The molecule has 0 aromatic rings. The summed E-state index contributed by atoms with van der Waals surface area (Å²) in [4.78, 5) is 37.6. The number of piperazine rings is 1. The molecule has 2 heterocycles. The summed E-state index contributed by atoms with van der Waals surface area (Å²) in [5.74, 6) is -0.501. The van der Waals surface area contributed by atoms with Crippen LogP contribution in [0.15, 0.2) is 0 Å². The molecule has 0 spiro atoms. The van der Waals surface area contributed by atoms with E-state index in [1.54, 1.807) is 16.8 Å². The number of hydrogen-bond donors (Lipinski definition) is 1. The number of amides is 3. The van der Waals surface area contributed by atoms with E-state index in [1.807, 2.05) is 0 Å². The molecular formula is C10H15N3O3. The first-order valence-corrected chi connectivity index (χ1v) is 5.37. The monoisotopic (exact) mass is 225 g/mol. The highest BCUT2D eigenvalue weighted by atomic mass is 16.2. The maximum Gasteiger partial charge on any atom is 0.241 e. The second kappa shape index (κ2) is 4.11. The smallest absolute Gasteiger partial charge is 0.241 e. The van der Waals surface area contributed by atoms with Gasteiger partial charge in [-0.2, -0.15) is 0 Å². The number of rotatable bonds is 1. The van der Waals surface area contributed by atoms with Gasteiger partial charge in [-0.15, -0.1) is 0 Å². The normalized spacial score (nSPS) is 25.9. The van der Waals surface area contributed by atoms with Crippen LogP contribution in [0, 0.1) is 5.92 Å². The molecule has 0 bridgehead atoms. The van der Waals surface area contributed by atoms with Gasteiger partial charge in [-0.25, -0.2) is 0 Å². The third-order valence-electron chi connectivity index (χ3n) is 3.10. The minimum atomic E-state index is -0.288. The molecule has 0 saturated carbocycles. The van der Waals surface area contributed by atoms with Gasteiger partial charge in [0.15, 0.2) is 0 Å². The number of nitrogens with one attached hydrogen (secondary N) is 1. The molecule has 2 rings (SSSR count). The Morgan fingerprint density at radius 1 is 1.38 bits per heavy atom. The average Bonchev–Trinajstić information content (AvgIpc) is 2.68. The Hall–Kier alpha value is -1.59. The Kier molecular flexibility index (Phi) is 2.80. The number of nitrogens with zero attached hydrogens (tertiary/aromatic N) is 2. The summed E-state index contributed by atoms with van der Waals surface area (Å²) in [6.45, 7) is 1.67. The molecule has 0 radical (unpaired) electrons. The third kappa shape index (κ3) is 2.00. The van der Waals surface area contributed by atoms with Gasteiger partial charge < -0.3 is 15.1 Å². The van der Waals surface area contributed by atoms with Crippen LogP contribution in [0.1, 0.15) is 6.42 Å². The van der Waals surface area contributed by atoms with Crippen molar-refractivity contribution in [2.75, 3.05) is 33.2 Å². The van der Waals surface area contributed by atoms with E-state index in [4.69, 9.17) is 0 Å². The lowest BCUT2D eigenvalue weighted by molar-refractivity contribution is -0.146. The molecular weight excluding hydrogens is 210 g/mol. The van der Waals surface area contributed by atoms with Crippen LogP contribution in [0.4, 0.5) is 0 Å². The van der Waals surface area contributed by atoms with Crippen molar-refractivity contribution in [1.82, 2.24) is 15.1 Å². The largest absolute Gasteiger partial charge is 0.355 e. The van der Waals surface area contributed by atoms with Gasteiger partial charge in [-0.05, 0) is 0 Å². The number of hydrogen-bond acceptors (Lipinski definition) is 3. The van der Waals surface area contributed by atoms with Crippen LogP contribution in [-0.4, -0.2) is 60.7 Å². The minimum Gasteiger partial charge on any atom is -0.355 e. The summed E-state index contributed by atoms with van der Waals surface area (Å²) in [5, 5.41) is 2.63. The van der Waals surface area contributed by atoms with Crippen LogP contribution < -0.4 is 5.32 Å². The molecule has 6 heteroatoms. The number of likely N-dealkylation sites (N-methyl/N-ethyl adjacent to an activating group) is 1. The fourth-order valence-corrected chi connectivity index (χ4v) is 1.98. The quantitative estimate of drug-likeness (QED) is 0.585. The molecule has 1 N–H and O–H groups in total. The van der Waals surface area contributed by atoms with E-state index in [1.165, 1.54) is 0 Å². The fourth-order valence-electron chi connectivity index (χ4n) is 1.98. The zero-order valence-electron chi connectivity index (χ0n) is 9.23. The van der Waals surface area contributed by atoms with Crippen LogP contribution >= 0.6 is 0 Å². The second-order valence-electron chi connectivity index (χ2n) is 4.28. The van der Waals surface area contributed by atoms with E-state index in [9.17, 15) is 14.4 Å². The van der Waals surface area contributed by atoms with Gasteiger partial charge in [0.25, 0.3) is 0 Å². The Labute approximate surface area is 93.6 Å². The van der Waals surface area contributed by atoms with E-state index in [0.717, 1.165) is 0 Å². The van der Waals surface area contributed by atoms with E-state index in [2.05, 4.69) is 5.32 Å². The van der Waals surface area contributed by atoms with Crippen LogP contribution in [0.2, 0.25) is 0 Å². The van der Waals surface area contributed by atoms with Crippen molar-refractivity contribution in [3.63, 3.8) is 0 Å². The van der Waals surface area contributed by atoms with E-state index in [-0.39, 0.29) is 36.6 Å². The van der Waals surface area contributed by atoms with Crippen molar-refractivity contribution in [2.45, 2.75) is 6.42 Å². The molecule has 2 aliphatic rings. The van der Waals surface area contributed by atoms with Gasteiger partial charge in [0.05, 0.1) is 12.5 Å². The molecule has 3 amide bonds. The molecule has 2 saturated heterocycles. The third-order valence-corrected chi connectivity index (χ3v) is 3.10. The highest BCUT2D eigenvalue weighted by molar-refractivity contribution is 5.91. The van der Waals surface area contributed by atoms with Crippen LogP contribution in [0.3, 0.4) is 0 Å². The standard InChI is InChI=1S/C10H15N3O3/c1-12-2-3-13(6-9(12)15)10(16)7-4-8(14)11-5-7/h7H,2-6H2,1H3,(H,11,14). The number of carbonyl (C=O) groups is 3. The Morgan fingerprint density at radius 3 is 2.69 bits per heavy atom. The maximum absolute atomic E-state index is 12.0. The molecule has 0 aliphatic carbocycles. The lowest BCUT2D eigenvalue weighted by atomic mass is 10.1. The SMILES string of the molecule is CN1CCN(C(=O)C2CNC(=O)C2)CC1=O. The van der Waals surface area contributed by atoms with E-state index in [0.29, 0.717) is 19.6 Å². The molecule has 0 aromatic heterocycles. The fraction of sp³-hybridized carbons (Fsp3) is 0.700. The first kappa shape index (κ1) is 10.9. The summed E-state index contributed by atoms with van der Waals surface area (Å²) < 4.78 is 0. The predicted molar refractivity (Wildman–Crippen MR) is 55.3 cm³/mol. The molecule has 88 valence electrons.